The van der Waals surface area contributed by atoms with Gasteiger partial charge >= 0.3 is 0 Å². The maximum atomic E-state index is 11.7. The summed E-state index contributed by atoms with van der Waals surface area (Å²) in [5.41, 5.74) is 6.05. The topological polar surface area (TPSA) is 85.1 Å². The molecular weight excluding hydrogens is 230 g/mol. The van der Waals surface area contributed by atoms with Gasteiger partial charge in [0.05, 0.1) is 12.5 Å². The fourth-order valence-corrected chi connectivity index (χ4v) is 1.57. The average Bonchev–Trinajstić information content (AvgIpc) is 2.39. The van der Waals surface area contributed by atoms with Gasteiger partial charge in [0.1, 0.15) is 0 Å². The van der Waals surface area contributed by atoms with Crippen molar-refractivity contribution in [3.05, 3.63) is 30.1 Å². The molecule has 5 nitrogen and oxygen atoms in total. The number of rotatable bonds is 8. The zero-order valence-corrected chi connectivity index (χ0v) is 10.3. The molecule has 1 aromatic rings. The summed E-state index contributed by atoms with van der Waals surface area (Å²) in [5.74, 6) is -0.213. The number of aromatic nitrogens is 1. The second-order valence-corrected chi connectivity index (χ2v) is 4.02. The first-order valence-electron chi connectivity index (χ1n) is 6.03. The predicted molar refractivity (Wildman–Crippen MR) is 68.5 cm³/mol. The van der Waals surface area contributed by atoms with E-state index in [-0.39, 0.29) is 12.3 Å². The van der Waals surface area contributed by atoms with Gasteiger partial charge in [-0.25, -0.2) is 0 Å². The van der Waals surface area contributed by atoms with Gasteiger partial charge in [-0.05, 0) is 37.9 Å². The van der Waals surface area contributed by atoms with Gasteiger partial charge in [0.25, 0.3) is 0 Å². The Morgan fingerprint density at radius 2 is 2.28 bits per heavy atom. The minimum Gasteiger partial charge on any atom is -0.345 e. The molecular formula is C13H18N3O2. The lowest BCUT2D eigenvalue weighted by Crippen LogP contribution is -2.37. The summed E-state index contributed by atoms with van der Waals surface area (Å²) in [6.45, 7) is 0.591. The molecule has 3 N–H and O–H groups in total. The van der Waals surface area contributed by atoms with Gasteiger partial charge in [0.15, 0.2) is 0 Å². The molecule has 0 aliphatic heterocycles. The van der Waals surface area contributed by atoms with E-state index in [1.165, 1.54) is 0 Å². The monoisotopic (exact) mass is 248 g/mol. The molecule has 1 heterocycles. The standard InChI is InChI=1S/C13H18N3O2/c14-7-3-1-6-12(10-17)16-13(18)9-11-5-2-4-8-15-11/h2,4-5,8,12H,1,3,6-7,9,14H2,(H,16,18). The third-order valence-corrected chi connectivity index (χ3v) is 2.49. The average molecular weight is 248 g/mol. The largest absolute Gasteiger partial charge is 0.345 e. The molecule has 0 aromatic carbocycles. The highest BCUT2D eigenvalue weighted by Gasteiger charge is 2.12. The molecule has 0 spiro atoms. The van der Waals surface area contributed by atoms with Gasteiger partial charge in [0, 0.05) is 11.9 Å². The highest BCUT2D eigenvalue weighted by atomic mass is 16.2. The molecule has 0 bridgehead atoms. The molecule has 1 amide bonds. The second-order valence-electron chi connectivity index (χ2n) is 4.02. The zero-order valence-electron chi connectivity index (χ0n) is 10.3. The highest BCUT2D eigenvalue weighted by molar-refractivity contribution is 5.81. The van der Waals surface area contributed by atoms with Gasteiger partial charge in [0.2, 0.25) is 12.2 Å². The molecule has 1 atom stereocenters. The molecule has 1 unspecified atom stereocenters. The van der Waals surface area contributed by atoms with Gasteiger partial charge in [-0.1, -0.05) is 6.07 Å². The quantitative estimate of drug-likeness (QED) is 0.650. The lowest BCUT2D eigenvalue weighted by molar-refractivity contribution is -0.120. The molecule has 0 saturated heterocycles. The van der Waals surface area contributed by atoms with Crippen LogP contribution >= 0.6 is 0 Å². The maximum Gasteiger partial charge on any atom is 0.226 e. The number of amides is 1. The Kier molecular flexibility index (Phi) is 6.64. The van der Waals surface area contributed by atoms with Crippen LogP contribution in [0, 0.1) is 0 Å². The van der Waals surface area contributed by atoms with E-state index in [4.69, 9.17) is 5.73 Å². The summed E-state index contributed by atoms with van der Waals surface area (Å²) in [4.78, 5) is 26.4. The second kappa shape index (κ2) is 8.36. The van der Waals surface area contributed by atoms with Crippen LogP contribution < -0.4 is 11.1 Å². The molecule has 97 valence electrons. The van der Waals surface area contributed by atoms with Gasteiger partial charge in [-0.15, -0.1) is 0 Å². The highest BCUT2D eigenvalue weighted by Crippen LogP contribution is 2.00. The summed E-state index contributed by atoms with van der Waals surface area (Å²) in [5, 5.41) is 2.63. The summed E-state index contributed by atoms with van der Waals surface area (Å²) < 4.78 is 0. The summed E-state index contributed by atoms with van der Waals surface area (Å²) >= 11 is 0. The van der Waals surface area contributed by atoms with Crippen LogP contribution in [-0.2, 0) is 16.0 Å². The van der Waals surface area contributed by atoms with Crippen molar-refractivity contribution in [2.45, 2.75) is 31.7 Å². The van der Waals surface area contributed by atoms with E-state index in [1.54, 1.807) is 18.3 Å². The Bertz CT molecular complexity index is 368. The third-order valence-electron chi connectivity index (χ3n) is 2.49. The first-order valence-corrected chi connectivity index (χ1v) is 6.03. The summed E-state index contributed by atoms with van der Waals surface area (Å²) in [6.07, 6.45) is 5.87. The first-order chi connectivity index (χ1) is 8.76. The third kappa shape index (κ3) is 5.54. The molecule has 1 radical (unpaired) electrons. The molecule has 5 heteroatoms. The van der Waals surface area contributed by atoms with Crippen LogP contribution in [0.15, 0.2) is 24.4 Å². The molecule has 18 heavy (non-hydrogen) atoms. The Morgan fingerprint density at radius 3 is 2.89 bits per heavy atom. The number of hydrogen-bond acceptors (Lipinski definition) is 4. The van der Waals surface area contributed by atoms with E-state index < -0.39 is 6.04 Å². The van der Waals surface area contributed by atoms with Crippen molar-refractivity contribution >= 4 is 12.2 Å². The zero-order chi connectivity index (χ0) is 13.2. The fourth-order valence-electron chi connectivity index (χ4n) is 1.57. The van der Waals surface area contributed by atoms with E-state index in [0.29, 0.717) is 18.7 Å². The van der Waals surface area contributed by atoms with E-state index in [9.17, 15) is 9.59 Å². The minimum atomic E-state index is -0.548. The van der Waals surface area contributed by atoms with Gasteiger partial charge < -0.3 is 11.1 Å². The Balaban J connectivity index is 2.35. The number of carbonyl (C=O) groups is 1. The molecule has 0 saturated carbocycles. The number of hydrogen-bond donors (Lipinski definition) is 2. The van der Waals surface area contributed by atoms with Gasteiger partial charge in [-0.2, -0.15) is 0 Å². The molecule has 1 aromatic heterocycles. The smallest absolute Gasteiger partial charge is 0.226 e. The van der Waals surface area contributed by atoms with E-state index >= 15 is 0 Å². The predicted octanol–water partition coefficient (Wildman–Crippen LogP) is 0.348. The van der Waals surface area contributed by atoms with E-state index in [2.05, 4.69) is 10.3 Å². The first kappa shape index (κ1) is 14.3. The number of carbonyl (C=O) groups excluding carboxylic acids is 2. The fraction of sp³-hybridized carbons (Fsp3) is 0.462. The number of pyridine rings is 1. The summed E-state index contributed by atoms with van der Waals surface area (Å²) in [7, 11) is 0. The number of nitrogens with two attached hydrogens (primary N) is 1. The molecule has 0 aliphatic rings. The molecule has 0 aliphatic carbocycles. The van der Waals surface area contributed by atoms with E-state index in [0.717, 1.165) is 12.8 Å². The van der Waals surface area contributed by atoms with Crippen molar-refractivity contribution in [3.8, 4) is 0 Å². The number of unbranched alkanes of at least 4 members (excludes halogenated alkanes) is 1. The van der Waals surface area contributed by atoms with Crippen molar-refractivity contribution < 1.29 is 9.59 Å². The van der Waals surface area contributed by atoms with Crippen LogP contribution in [0.2, 0.25) is 0 Å². The minimum absolute atomic E-state index is 0.176. The molecule has 0 fully saturated rings. The molecule has 1 rings (SSSR count). The van der Waals surface area contributed by atoms with E-state index in [1.807, 2.05) is 12.4 Å². The Labute approximate surface area is 107 Å². The summed E-state index contributed by atoms with van der Waals surface area (Å²) in [6, 6.07) is 4.83. The maximum absolute atomic E-state index is 11.7. The van der Waals surface area contributed by atoms with Crippen molar-refractivity contribution in [1.82, 2.24) is 10.3 Å². The van der Waals surface area contributed by atoms with Crippen LogP contribution in [0.1, 0.15) is 25.0 Å². The van der Waals surface area contributed by atoms with Crippen molar-refractivity contribution in [1.29, 1.82) is 0 Å². The lowest BCUT2D eigenvalue weighted by atomic mass is 10.1. The van der Waals surface area contributed by atoms with Crippen LogP contribution in [0.5, 0.6) is 0 Å². The normalized spacial score (nSPS) is 11.8. The van der Waals surface area contributed by atoms with Crippen LogP contribution in [0.25, 0.3) is 0 Å². The van der Waals surface area contributed by atoms with Crippen molar-refractivity contribution in [2.75, 3.05) is 6.54 Å². The van der Waals surface area contributed by atoms with Crippen LogP contribution in [-0.4, -0.2) is 29.8 Å². The van der Waals surface area contributed by atoms with Crippen LogP contribution in [0.3, 0.4) is 0 Å². The Morgan fingerprint density at radius 1 is 1.44 bits per heavy atom. The number of nitrogens with one attached hydrogen (secondary N) is 1. The lowest BCUT2D eigenvalue weighted by Gasteiger charge is -2.11. The van der Waals surface area contributed by atoms with Crippen molar-refractivity contribution in [3.63, 3.8) is 0 Å². The number of nitrogens with zero attached hydrogens (tertiary/aromatic N) is 1. The van der Waals surface area contributed by atoms with Crippen molar-refractivity contribution in [2.24, 2.45) is 5.73 Å². The Hall–Kier alpha value is -1.75. The SMILES string of the molecule is NCCCCC([C]=O)NC(=O)Cc1ccccn1. The van der Waals surface area contributed by atoms with Crippen LogP contribution in [0.4, 0.5) is 0 Å². The van der Waals surface area contributed by atoms with Gasteiger partial charge in [-0.3, -0.25) is 14.6 Å².